The third-order valence-electron chi connectivity index (χ3n) is 4.66. The number of halogens is 1. The summed E-state index contributed by atoms with van der Waals surface area (Å²) in [5, 5.41) is 11.1. The van der Waals surface area contributed by atoms with Gasteiger partial charge in [0, 0.05) is 23.1 Å². The highest BCUT2D eigenvalue weighted by Gasteiger charge is 2.34. The van der Waals surface area contributed by atoms with Gasteiger partial charge < -0.3 is 11.1 Å². The lowest BCUT2D eigenvalue weighted by molar-refractivity contribution is -0.127. The zero-order chi connectivity index (χ0) is 19.9. The lowest BCUT2D eigenvalue weighted by Crippen LogP contribution is -2.39. The number of hydrogen-bond donors (Lipinski definition) is 2. The number of sulfone groups is 1. The summed E-state index contributed by atoms with van der Waals surface area (Å²) < 4.78 is 39.8. The third-order valence-corrected chi connectivity index (χ3v) is 7.58. The number of nitrogens with zero attached hydrogens (tertiary/aromatic N) is 1. The Hall–Kier alpha value is -1.63. The molecule has 148 valence electrons. The normalized spacial score (nSPS) is 20.0. The Morgan fingerprint density at radius 1 is 1.37 bits per heavy atom. The van der Waals surface area contributed by atoms with Gasteiger partial charge in [0.05, 0.1) is 16.7 Å². The van der Waals surface area contributed by atoms with E-state index in [1.807, 2.05) is 6.07 Å². The van der Waals surface area contributed by atoms with Gasteiger partial charge >= 0.3 is 0 Å². The van der Waals surface area contributed by atoms with Crippen LogP contribution in [-0.4, -0.2) is 38.9 Å². The SMILES string of the molecule is N#CCNC(=O)C1CCCCC1CS(=O)(=O)c1ccc(SCCN)c(F)c1. The van der Waals surface area contributed by atoms with E-state index in [0.717, 1.165) is 18.9 Å². The van der Waals surface area contributed by atoms with Gasteiger partial charge in [0.2, 0.25) is 5.91 Å². The predicted molar refractivity (Wildman–Crippen MR) is 102 cm³/mol. The fourth-order valence-corrected chi connectivity index (χ4v) is 5.76. The van der Waals surface area contributed by atoms with Crippen LogP contribution < -0.4 is 11.1 Å². The number of carbonyl (C=O) groups is 1. The van der Waals surface area contributed by atoms with Gasteiger partial charge in [-0.15, -0.1) is 11.8 Å². The van der Waals surface area contributed by atoms with Crippen molar-refractivity contribution in [2.75, 3.05) is 24.6 Å². The largest absolute Gasteiger partial charge is 0.343 e. The molecule has 0 aromatic heterocycles. The molecule has 1 amide bonds. The van der Waals surface area contributed by atoms with Crippen molar-refractivity contribution in [3.8, 4) is 6.07 Å². The van der Waals surface area contributed by atoms with Crippen LogP contribution in [0.15, 0.2) is 28.0 Å². The van der Waals surface area contributed by atoms with Gasteiger partial charge in [-0.3, -0.25) is 4.79 Å². The quantitative estimate of drug-likeness (QED) is 0.498. The van der Waals surface area contributed by atoms with Crippen molar-refractivity contribution in [1.29, 1.82) is 5.26 Å². The first-order chi connectivity index (χ1) is 12.9. The molecule has 2 unspecified atom stereocenters. The zero-order valence-corrected chi connectivity index (χ0v) is 16.6. The first-order valence-corrected chi connectivity index (χ1v) is 11.5. The molecule has 2 rings (SSSR count). The number of nitriles is 1. The van der Waals surface area contributed by atoms with Gasteiger partial charge in [-0.25, -0.2) is 12.8 Å². The van der Waals surface area contributed by atoms with Crippen LogP contribution in [0.3, 0.4) is 0 Å². The van der Waals surface area contributed by atoms with Crippen molar-refractivity contribution in [2.45, 2.75) is 35.5 Å². The van der Waals surface area contributed by atoms with Gasteiger partial charge in [-0.1, -0.05) is 12.8 Å². The molecular formula is C18H24FN3O3S2. The summed E-state index contributed by atoms with van der Waals surface area (Å²) in [5.41, 5.74) is 5.41. The Kier molecular flexibility index (Phi) is 8.07. The lowest BCUT2D eigenvalue weighted by Gasteiger charge is -2.30. The van der Waals surface area contributed by atoms with Gasteiger partial charge in [0.25, 0.3) is 0 Å². The molecular weight excluding hydrogens is 389 g/mol. The van der Waals surface area contributed by atoms with Crippen molar-refractivity contribution in [1.82, 2.24) is 5.32 Å². The molecule has 1 saturated carbocycles. The smallest absolute Gasteiger partial charge is 0.224 e. The molecule has 0 spiro atoms. The van der Waals surface area contributed by atoms with Gasteiger partial charge in [0.15, 0.2) is 9.84 Å². The molecule has 0 bridgehead atoms. The second-order valence-electron chi connectivity index (χ2n) is 6.54. The van der Waals surface area contributed by atoms with E-state index >= 15 is 0 Å². The predicted octanol–water partition coefficient (Wildman–Crippen LogP) is 2.10. The highest BCUT2D eigenvalue weighted by molar-refractivity contribution is 7.99. The lowest BCUT2D eigenvalue weighted by atomic mass is 9.80. The van der Waals surface area contributed by atoms with E-state index in [9.17, 15) is 17.6 Å². The Balaban J connectivity index is 2.14. The highest BCUT2D eigenvalue weighted by atomic mass is 32.2. The second kappa shape index (κ2) is 10.1. The second-order valence-corrected chi connectivity index (χ2v) is 9.71. The average molecular weight is 414 g/mol. The molecule has 1 aliphatic carbocycles. The fourth-order valence-electron chi connectivity index (χ4n) is 3.35. The molecule has 1 aromatic carbocycles. The Morgan fingerprint density at radius 3 is 2.78 bits per heavy atom. The molecule has 2 atom stereocenters. The first-order valence-electron chi connectivity index (χ1n) is 8.89. The molecule has 6 nitrogen and oxygen atoms in total. The van der Waals surface area contributed by atoms with E-state index in [2.05, 4.69) is 5.32 Å². The van der Waals surface area contributed by atoms with Gasteiger partial charge in [-0.05, 0) is 37.0 Å². The number of nitrogens with one attached hydrogen (secondary N) is 1. The van der Waals surface area contributed by atoms with Crippen LogP contribution >= 0.6 is 11.8 Å². The number of thioether (sulfide) groups is 1. The molecule has 1 fully saturated rings. The topological polar surface area (TPSA) is 113 Å². The van der Waals surface area contributed by atoms with Gasteiger partial charge in [0.1, 0.15) is 12.4 Å². The Labute approximate surface area is 163 Å². The van der Waals surface area contributed by atoms with Crippen LogP contribution in [0, 0.1) is 29.0 Å². The molecule has 0 radical (unpaired) electrons. The number of carbonyl (C=O) groups excluding carboxylic acids is 1. The summed E-state index contributed by atoms with van der Waals surface area (Å²) in [6.45, 7) is 0.309. The minimum Gasteiger partial charge on any atom is -0.343 e. The summed E-state index contributed by atoms with van der Waals surface area (Å²) in [7, 11) is -3.73. The van der Waals surface area contributed by atoms with E-state index in [4.69, 9.17) is 11.0 Å². The van der Waals surface area contributed by atoms with Crippen LogP contribution in [-0.2, 0) is 14.6 Å². The van der Waals surface area contributed by atoms with Crippen LogP contribution in [0.25, 0.3) is 0 Å². The maximum atomic E-state index is 14.2. The van der Waals surface area contributed by atoms with Crippen LogP contribution in [0.5, 0.6) is 0 Å². The molecule has 3 N–H and O–H groups in total. The van der Waals surface area contributed by atoms with E-state index in [-0.39, 0.29) is 29.0 Å². The van der Waals surface area contributed by atoms with Crippen molar-refractivity contribution in [3.05, 3.63) is 24.0 Å². The minimum atomic E-state index is -3.73. The standard InChI is InChI=1S/C18H24FN3O3S2/c19-16-11-14(5-6-17(16)26-10-8-21)27(24,25)12-13-3-1-2-4-15(13)18(23)22-9-7-20/h5-6,11,13,15H,1-4,8-10,12,21H2,(H,22,23). The number of benzene rings is 1. The van der Waals surface area contributed by atoms with Crippen molar-refractivity contribution in [2.24, 2.45) is 17.6 Å². The van der Waals surface area contributed by atoms with Crippen molar-refractivity contribution < 1.29 is 17.6 Å². The van der Waals surface area contributed by atoms with E-state index in [1.165, 1.54) is 23.9 Å². The van der Waals surface area contributed by atoms with Crippen molar-refractivity contribution >= 4 is 27.5 Å². The molecule has 0 aliphatic heterocycles. The van der Waals surface area contributed by atoms with Crippen molar-refractivity contribution in [3.63, 3.8) is 0 Å². The summed E-state index contributed by atoms with van der Waals surface area (Å²) in [5.74, 6) is -1.29. The zero-order valence-electron chi connectivity index (χ0n) is 15.0. The van der Waals surface area contributed by atoms with E-state index in [0.29, 0.717) is 30.0 Å². The van der Waals surface area contributed by atoms with E-state index in [1.54, 1.807) is 0 Å². The first kappa shape index (κ1) is 21.7. The number of nitrogens with two attached hydrogens (primary N) is 1. The molecule has 0 saturated heterocycles. The Bertz CT molecular complexity index is 809. The number of hydrogen-bond acceptors (Lipinski definition) is 6. The molecule has 9 heteroatoms. The van der Waals surface area contributed by atoms with Crippen LogP contribution in [0.2, 0.25) is 0 Å². The maximum absolute atomic E-state index is 14.2. The maximum Gasteiger partial charge on any atom is 0.224 e. The third kappa shape index (κ3) is 5.92. The van der Waals surface area contributed by atoms with Crippen LogP contribution in [0.1, 0.15) is 25.7 Å². The highest BCUT2D eigenvalue weighted by Crippen LogP contribution is 2.33. The van der Waals surface area contributed by atoms with E-state index < -0.39 is 21.6 Å². The summed E-state index contributed by atoms with van der Waals surface area (Å²) in [6, 6.07) is 5.76. The minimum absolute atomic E-state index is 0.0705. The van der Waals surface area contributed by atoms with Crippen LogP contribution in [0.4, 0.5) is 4.39 Å². The number of amides is 1. The molecule has 0 heterocycles. The number of rotatable bonds is 8. The van der Waals surface area contributed by atoms with Gasteiger partial charge in [-0.2, -0.15) is 5.26 Å². The monoisotopic (exact) mass is 413 g/mol. The summed E-state index contributed by atoms with van der Waals surface area (Å²) in [4.78, 5) is 12.6. The summed E-state index contributed by atoms with van der Waals surface area (Å²) >= 11 is 1.24. The molecule has 1 aliphatic rings. The summed E-state index contributed by atoms with van der Waals surface area (Å²) in [6.07, 6.45) is 2.92. The Morgan fingerprint density at radius 2 is 2.11 bits per heavy atom. The molecule has 1 aromatic rings. The average Bonchev–Trinajstić information content (AvgIpc) is 2.65. The fraction of sp³-hybridized carbons (Fsp3) is 0.556. The molecule has 27 heavy (non-hydrogen) atoms.